The molecule has 1 aliphatic heterocycles. The van der Waals surface area contributed by atoms with Crippen molar-refractivity contribution in [2.75, 3.05) is 11.9 Å². The molecule has 1 aliphatic rings. The number of pyridine rings is 2. The molecule has 1 N–H and O–H groups in total. The average molecular weight is 295 g/mol. The lowest BCUT2D eigenvalue weighted by atomic mass is 10.00. The molecule has 3 heterocycles. The van der Waals surface area contributed by atoms with Gasteiger partial charge in [0, 0.05) is 48.2 Å². The molecule has 0 saturated heterocycles. The molecule has 3 rings (SSSR count). The highest BCUT2D eigenvalue weighted by Gasteiger charge is 2.12. The summed E-state index contributed by atoms with van der Waals surface area (Å²) in [7, 11) is 0. The van der Waals surface area contributed by atoms with Gasteiger partial charge >= 0.3 is 0 Å². The van der Waals surface area contributed by atoms with Crippen molar-refractivity contribution in [3.05, 3.63) is 41.9 Å². The van der Waals surface area contributed by atoms with Crippen molar-refractivity contribution in [2.24, 2.45) is 0 Å². The van der Waals surface area contributed by atoms with Gasteiger partial charge in [-0.05, 0) is 37.0 Å². The van der Waals surface area contributed by atoms with E-state index in [0.29, 0.717) is 12.0 Å². The molecule has 4 heteroatoms. The number of Topliss-reactive ketones (excluding diaryl/α,β-unsaturated/α-hetero) is 1. The molecule has 0 saturated carbocycles. The van der Waals surface area contributed by atoms with Crippen molar-refractivity contribution in [2.45, 2.75) is 39.0 Å². The molecule has 0 aliphatic carbocycles. The number of rotatable bonds is 5. The molecule has 0 spiro atoms. The van der Waals surface area contributed by atoms with E-state index in [1.54, 1.807) is 12.4 Å². The van der Waals surface area contributed by atoms with E-state index in [2.05, 4.69) is 28.3 Å². The summed E-state index contributed by atoms with van der Waals surface area (Å²) >= 11 is 0. The first-order valence-corrected chi connectivity index (χ1v) is 7.99. The molecule has 4 nitrogen and oxygen atoms in total. The third kappa shape index (κ3) is 3.16. The zero-order chi connectivity index (χ0) is 15.4. The number of nitrogens with one attached hydrogen (secondary N) is 1. The quantitative estimate of drug-likeness (QED) is 0.851. The van der Waals surface area contributed by atoms with Gasteiger partial charge in [0.25, 0.3) is 0 Å². The fourth-order valence-corrected chi connectivity index (χ4v) is 2.74. The lowest BCUT2D eigenvalue weighted by Gasteiger charge is -2.17. The number of hydrogen-bond donors (Lipinski definition) is 1. The Morgan fingerprint density at radius 3 is 2.95 bits per heavy atom. The van der Waals surface area contributed by atoms with E-state index in [9.17, 15) is 4.79 Å². The molecular formula is C18H21N3O. The molecule has 0 amide bonds. The Bertz CT molecular complexity index is 682. The number of aromatic nitrogens is 2. The van der Waals surface area contributed by atoms with Gasteiger partial charge in [-0.2, -0.15) is 0 Å². The number of carbonyl (C=O) groups is 1. The Balaban J connectivity index is 1.87. The van der Waals surface area contributed by atoms with Gasteiger partial charge in [0.05, 0.1) is 0 Å². The van der Waals surface area contributed by atoms with Gasteiger partial charge < -0.3 is 5.32 Å². The van der Waals surface area contributed by atoms with Crippen molar-refractivity contribution < 1.29 is 4.79 Å². The van der Waals surface area contributed by atoms with E-state index in [1.807, 2.05) is 12.3 Å². The molecule has 0 bridgehead atoms. The molecule has 0 aromatic carbocycles. The standard InChI is InChI=1S/C18H21N3O/c1-2-3-6-17(22)16-9-14(10-19-11-16)15-8-13-5-4-7-20-18(13)21-12-15/h8-12H,2-7H2,1H3,(H,20,21). The molecule has 114 valence electrons. The van der Waals surface area contributed by atoms with E-state index in [4.69, 9.17) is 0 Å². The van der Waals surface area contributed by atoms with Gasteiger partial charge in [0.15, 0.2) is 5.78 Å². The second-order valence-electron chi connectivity index (χ2n) is 5.75. The Morgan fingerprint density at radius 2 is 2.09 bits per heavy atom. The van der Waals surface area contributed by atoms with E-state index >= 15 is 0 Å². The molecule has 22 heavy (non-hydrogen) atoms. The van der Waals surface area contributed by atoms with Crippen LogP contribution in [0.4, 0.5) is 5.82 Å². The SMILES string of the molecule is CCCCC(=O)c1cncc(-c2cnc3c(c2)CCCN3)c1. The predicted octanol–water partition coefficient (Wildman–Crippen LogP) is 3.87. The minimum absolute atomic E-state index is 0.170. The second kappa shape index (κ2) is 6.69. The number of aryl methyl sites for hydroxylation is 1. The maximum absolute atomic E-state index is 12.2. The summed E-state index contributed by atoms with van der Waals surface area (Å²) in [5.41, 5.74) is 3.93. The zero-order valence-electron chi connectivity index (χ0n) is 12.9. The monoisotopic (exact) mass is 295 g/mol. The normalized spacial score (nSPS) is 13.3. The number of hydrogen-bond acceptors (Lipinski definition) is 4. The summed E-state index contributed by atoms with van der Waals surface area (Å²) in [6, 6.07) is 4.09. The Hall–Kier alpha value is -2.23. The van der Waals surface area contributed by atoms with Gasteiger partial charge in [0.2, 0.25) is 0 Å². The predicted molar refractivity (Wildman–Crippen MR) is 88.1 cm³/mol. The number of ketones is 1. The third-order valence-electron chi connectivity index (χ3n) is 4.03. The summed E-state index contributed by atoms with van der Waals surface area (Å²) in [6.45, 7) is 3.08. The van der Waals surface area contributed by atoms with Gasteiger partial charge in [-0.3, -0.25) is 9.78 Å². The van der Waals surface area contributed by atoms with Gasteiger partial charge in [-0.1, -0.05) is 13.3 Å². The molecule has 0 atom stereocenters. The molecular weight excluding hydrogens is 274 g/mol. The molecule has 2 aromatic rings. The van der Waals surface area contributed by atoms with E-state index in [0.717, 1.165) is 49.2 Å². The molecule has 0 fully saturated rings. The van der Waals surface area contributed by atoms with Crippen LogP contribution in [0.25, 0.3) is 11.1 Å². The average Bonchev–Trinajstić information content (AvgIpc) is 2.59. The fraction of sp³-hybridized carbons (Fsp3) is 0.389. The minimum atomic E-state index is 0.170. The van der Waals surface area contributed by atoms with Crippen molar-refractivity contribution in [3.8, 4) is 11.1 Å². The number of nitrogens with zero attached hydrogens (tertiary/aromatic N) is 2. The highest BCUT2D eigenvalue weighted by atomic mass is 16.1. The van der Waals surface area contributed by atoms with Gasteiger partial charge in [0.1, 0.15) is 5.82 Å². The van der Waals surface area contributed by atoms with Crippen molar-refractivity contribution in [1.82, 2.24) is 9.97 Å². The van der Waals surface area contributed by atoms with Crippen LogP contribution in [0.1, 0.15) is 48.5 Å². The maximum Gasteiger partial charge on any atom is 0.164 e. The largest absolute Gasteiger partial charge is 0.370 e. The summed E-state index contributed by atoms with van der Waals surface area (Å²) in [5, 5.41) is 3.31. The minimum Gasteiger partial charge on any atom is -0.370 e. The van der Waals surface area contributed by atoms with Crippen LogP contribution in [-0.2, 0) is 6.42 Å². The van der Waals surface area contributed by atoms with E-state index < -0.39 is 0 Å². The lowest BCUT2D eigenvalue weighted by Crippen LogP contribution is -2.13. The van der Waals surface area contributed by atoms with Crippen LogP contribution in [0.15, 0.2) is 30.7 Å². The summed E-state index contributed by atoms with van der Waals surface area (Å²) < 4.78 is 0. The van der Waals surface area contributed by atoms with Gasteiger partial charge in [-0.15, -0.1) is 0 Å². The molecule has 0 radical (unpaired) electrons. The van der Waals surface area contributed by atoms with Crippen LogP contribution in [-0.4, -0.2) is 22.3 Å². The van der Waals surface area contributed by atoms with E-state index in [1.165, 1.54) is 5.56 Å². The second-order valence-corrected chi connectivity index (χ2v) is 5.75. The van der Waals surface area contributed by atoms with Crippen molar-refractivity contribution >= 4 is 11.6 Å². The van der Waals surface area contributed by atoms with Crippen molar-refractivity contribution in [3.63, 3.8) is 0 Å². The molecule has 2 aromatic heterocycles. The van der Waals surface area contributed by atoms with E-state index in [-0.39, 0.29) is 5.78 Å². The summed E-state index contributed by atoms with van der Waals surface area (Å²) in [5.74, 6) is 1.15. The first-order valence-electron chi connectivity index (χ1n) is 7.99. The fourth-order valence-electron chi connectivity index (χ4n) is 2.74. The van der Waals surface area contributed by atoms with Crippen LogP contribution < -0.4 is 5.32 Å². The van der Waals surface area contributed by atoms with Crippen LogP contribution in [0.5, 0.6) is 0 Å². The topological polar surface area (TPSA) is 54.9 Å². The number of unbranched alkanes of at least 4 members (excludes halogenated alkanes) is 1. The number of fused-ring (bicyclic) bond motifs is 1. The number of carbonyl (C=O) groups excluding carboxylic acids is 1. The van der Waals surface area contributed by atoms with Crippen LogP contribution >= 0.6 is 0 Å². The highest BCUT2D eigenvalue weighted by molar-refractivity contribution is 5.96. The maximum atomic E-state index is 12.2. The Kier molecular flexibility index (Phi) is 4.47. The third-order valence-corrected chi connectivity index (χ3v) is 4.03. The summed E-state index contributed by atoms with van der Waals surface area (Å²) in [4.78, 5) is 20.9. The number of anilines is 1. The first kappa shape index (κ1) is 14.7. The smallest absolute Gasteiger partial charge is 0.164 e. The van der Waals surface area contributed by atoms with Crippen LogP contribution in [0.3, 0.4) is 0 Å². The Morgan fingerprint density at radius 1 is 1.23 bits per heavy atom. The van der Waals surface area contributed by atoms with Crippen LogP contribution in [0.2, 0.25) is 0 Å². The molecule has 0 unspecified atom stereocenters. The Labute approximate surface area is 131 Å². The van der Waals surface area contributed by atoms with Crippen molar-refractivity contribution in [1.29, 1.82) is 0 Å². The highest BCUT2D eigenvalue weighted by Crippen LogP contribution is 2.26. The summed E-state index contributed by atoms with van der Waals surface area (Å²) in [6.07, 6.45) is 10.0. The zero-order valence-corrected chi connectivity index (χ0v) is 12.9. The van der Waals surface area contributed by atoms with Gasteiger partial charge in [-0.25, -0.2) is 4.98 Å². The lowest BCUT2D eigenvalue weighted by molar-refractivity contribution is 0.0979. The van der Waals surface area contributed by atoms with Crippen LogP contribution in [0, 0.1) is 0 Å². The first-order chi connectivity index (χ1) is 10.8.